The largest absolute Gasteiger partial charge is 0.455 e. The molecule has 1 aliphatic rings. The van der Waals surface area contributed by atoms with Crippen molar-refractivity contribution in [3.8, 4) is 5.69 Å². The molecule has 4 aromatic heterocycles. The number of furan rings is 1. The van der Waals surface area contributed by atoms with Gasteiger partial charge in [0.2, 0.25) is 0 Å². The van der Waals surface area contributed by atoms with Crippen molar-refractivity contribution >= 4 is 81.8 Å². The van der Waals surface area contributed by atoms with Gasteiger partial charge in [-0.25, -0.2) is 0 Å². The summed E-state index contributed by atoms with van der Waals surface area (Å²) in [5.41, 5.74) is 17.9. The SMILES string of the molecule is CC(C)(C)c1ccc2c(c1)c1cc(C(C)(C)C)cc3c1n2-c1ccc2c(oc4c2ccc2c4c4cc(C(C)(C)C)cc5c6cc(C(C)(C)C)ccc6n2c54)c1C3. The molecule has 56 heavy (non-hydrogen) atoms. The van der Waals surface area contributed by atoms with E-state index >= 15 is 0 Å². The summed E-state index contributed by atoms with van der Waals surface area (Å²) in [7, 11) is 0. The summed E-state index contributed by atoms with van der Waals surface area (Å²) in [6.07, 6.45) is 0.835. The van der Waals surface area contributed by atoms with Gasteiger partial charge in [-0.3, -0.25) is 0 Å². The molecule has 0 unspecified atom stereocenters. The number of nitrogens with zero attached hydrogens (tertiary/aromatic N) is 2. The van der Waals surface area contributed by atoms with Gasteiger partial charge in [0.05, 0.1) is 38.7 Å². The maximum Gasteiger partial charge on any atom is 0.145 e. The Morgan fingerprint density at radius 3 is 1.57 bits per heavy atom. The summed E-state index contributed by atoms with van der Waals surface area (Å²) < 4.78 is 12.4. The highest BCUT2D eigenvalue weighted by Gasteiger charge is 2.31. The van der Waals surface area contributed by atoms with Gasteiger partial charge in [-0.05, 0) is 116 Å². The summed E-state index contributed by atoms with van der Waals surface area (Å²) in [5, 5.41) is 10.2. The van der Waals surface area contributed by atoms with Crippen molar-refractivity contribution in [3.05, 3.63) is 118 Å². The molecule has 0 aliphatic carbocycles. The molecule has 280 valence electrons. The van der Waals surface area contributed by atoms with Gasteiger partial charge in [0.25, 0.3) is 0 Å². The molecule has 3 nitrogen and oxygen atoms in total. The highest BCUT2D eigenvalue weighted by Crippen LogP contribution is 2.49. The summed E-state index contributed by atoms with van der Waals surface area (Å²) in [4.78, 5) is 0. The molecule has 0 radical (unpaired) electrons. The standard InChI is InChI=1S/C53H52N2O/c1-50(2,3)29-13-17-41-35(23-29)37-25-31(52(7,8)9)21-28-22-39-43(54(41)46(28)37)19-15-33-34-16-20-44-45(49(34)56-48(33)39)40-27-32(53(10,11)12)26-38-36-24-30(51(4,5)6)14-18-42(36)55(44)47(38)40/h13-21,23-27H,22H2,1-12H3. The van der Waals surface area contributed by atoms with Crippen LogP contribution in [0.4, 0.5) is 0 Å². The van der Waals surface area contributed by atoms with E-state index in [0.717, 1.165) is 17.6 Å². The Bertz CT molecular complexity index is 3350. The Hall–Kier alpha value is -5.28. The van der Waals surface area contributed by atoms with Crippen LogP contribution >= 0.6 is 0 Å². The van der Waals surface area contributed by atoms with Crippen LogP contribution in [0, 0.1) is 0 Å². The van der Waals surface area contributed by atoms with E-state index in [9.17, 15) is 0 Å². The van der Waals surface area contributed by atoms with E-state index in [-0.39, 0.29) is 21.7 Å². The van der Waals surface area contributed by atoms with Gasteiger partial charge >= 0.3 is 0 Å². The smallest absolute Gasteiger partial charge is 0.145 e. The predicted molar refractivity (Wildman–Crippen MR) is 240 cm³/mol. The third kappa shape index (κ3) is 4.40. The molecule has 0 fully saturated rings. The number of aromatic nitrogens is 2. The lowest BCUT2D eigenvalue weighted by Gasteiger charge is -2.25. The molecule has 3 heteroatoms. The van der Waals surface area contributed by atoms with Crippen molar-refractivity contribution < 1.29 is 4.42 Å². The predicted octanol–water partition coefficient (Wildman–Crippen LogP) is 14.9. The fraction of sp³-hybridized carbons (Fsp3) is 0.321. The maximum absolute atomic E-state index is 7.36. The molecule has 6 aromatic carbocycles. The summed E-state index contributed by atoms with van der Waals surface area (Å²) in [6.45, 7) is 27.9. The van der Waals surface area contributed by atoms with Crippen LogP contribution in [-0.2, 0) is 28.1 Å². The van der Waals surface area contributed by atoms with Crippen LogP contribution in [0.15, 0.2) is 89.3 Å². The van der Waals surface area contributed by atoms with Crippen molar-refractivity contribution in [2.45, 2.75) is 111 Å². The average Bonchev–Trinajstić information content (AvgIpc) is 3.85. The van der Waals surface area contributed by atoms with Crippen molar-refractivity contribution in [1.29, 1.82) is 0 Å². The molecule has 10 aromatic rings. The first-order valence-corrected chi connectivity index (χ1v) is 20.6. The summed E-state index contributed by atoms with van der Waals surface area (Å²) >= 11 is 0. The van der Waals surface area contributed by atoms with Crippen molar-refractivity contribution in [2.75, 3.05) is 0 Å². The summed E-state index contributed by atoms with van der Waals surface area (Å²) in [5.74, 6) is 0. The van der Waals surface area contributed by atoms with Crippen LogP contribution in [0.2, 0.25) is 0 Å². The Balaban J connectivity index is 1.24. The third-order valence-electron chi connectivity index (χ3n) is 13.2. The highest BCUT2D eigenvalue weighted by atomic mass is 16.3. The van der Waals surface area contributed by atoms with Crippen LogP contribution in [0.5, 0.6) is 0 Å². The second-order valence-electron chi connectivity index (χ2n) is 21.1. The molecule has 0 spiro atoms. The fourth-order valence-electron chi connectivity index (χ4n) is 9.96. The molecule has 0 amide bonds. The van der Waals surface area contributed by atoms with E-state index in [0.29, 0.717) is 0 Å². The first kappa shape index (κ1) is 34.0. The second kappa shape index (κ2) is 10.4. The van der Waals surface area contributed by atoms with Crippen LogP contribution in [-0.4, -0.2) is 8.97 Å². The van der Waals surface area contributed by atoms with Gasteiger partial charge in [0.1, 0.15) is 11.2 Å². The lowest BCUT2D eigenvalue weighted by molar-refractivity contribution is 0.590. The first-order valence-electron chi connectivity index (χ1n) is 20.6. The van der Waals surface area contributed by atoms with Gasteiger partial charge in [0.15, 0.2) is 0 Å². The summed E-state index contributed by atoms with van der Waals surface area (Å²) in [6, 6.07) is 33.5. The molecule has 0 saturated heterocycles. The van der Waals surface area contributed by atoms with Gasteiger partial charge in [-0.15, -0.1) is 0 Å². The van der Waals surface area contributed by atoms with E-state index in [1.54, 1.807) is 0 Å². The van der Waals surface area contributed by atoms with Gasteiger partial charge in [0, 0.05) is 49.7 Å². The van der Waals surface area contributed by atoms with Crippen molar-refractivity contribution in [3.63, 3.8) is 0 Å². The van der Waals surface area contributed by atoms with E-state index < -0.39 is 0 Å². The number of hydrogen-bond acceptors (Lipinski definition) is 1. The molecular formula is C53H52N2O. The minimum absolute atomic E-state index is 0.0117. The van der Waals surface area contributed by atoms with Gasteiger partial charge in [-0.2, -0.15) is 0 Å². The monoisotopic (exact) mass is 732 g/mol. The molecule has 1 aliphatic heterocycles. The van der Waals surface area contributed by atoms with Crippen LogP contribution in [0.1, 0.15) is 116 Å². The van der Waals surface area contributed by atoms with Gasteiger partial charge < -0.3 is 13.4 Å². The highest BCUT2D eigenvalue weighted by molar-refractivity contribution is 6.30. The quantitative estimate of drug-likeness (QED) is 0.152. The van der Waals surface area contributed by atoms with Crippen molar-refractivity contribution in [2.24, 2.45) is 0 Å². The second-order valence-corrected chi connectivity index (χ2v) is 21.1. The number of rotatable bonds is 0. The average molecular weight is 733 g/mol. The number of benzene rings is 6. The van der Waals surface area contributed by atoms with E-state index in [4.69, 9.17) is 4.42 Å². The normalized spacial score (nSPS) is 14.4. The Labute approximate surface area is 329 Å². The minimum Gasteiger partial charge on any atom is -0.455 e. The number of fused-ring (bicyclic) bond motifs is 16. The van der Waals surface area contributed by atoms with E-state index in [2.05, 4.69) is 177 Å². The molecule has 0 bridgehead atoms. The Morgan fingerprint density at radius 2 is 0.929 bits per heavy atom. The molecule has 0 N–H and O–H groups in total. The Morgan fingerprint density at radius 1 is 0.429 bits per heavy atom. The molecule has 0 saturated carbocycles. The van der Waals surface area contributed by atoms with Crippen LogP contribution in [0.25, 0.3) is 87.5 Å². The number of hydrogen-bond donors (Lipinski definition) is 0. The fourth-order valence-corrected chi connectivity index (χ4v) is 9.96. The lowest BCUT2D eigenvalue weighted by Crippen LogP contribution is -2.14. The molecule has 11 rings (SSSR count). The zero-order valence-corrected chi connectivity index (χ0v) is 35.1. The van der Waals surface area contributed by atoms with Crippen LogP contribution < -0.4 is 0 Å². The molecule has 0 atom stereocenters. The molecular weight excluding hydrogens is 681 g/mol. The lowest BCUT2D eigenvalue weighted by atomic mass is 9.83. The zero-order valence-electron chi connectivity index (χ0n) is 35.1. The van der Waals surface area contributed by atoms with E-state index in [1.807, 2.05) is 0 Å². The van der Waals surface area contributed by atoms with Crippen molar-refractivity contribution in [1.82, 2.24) is 8.97 Å². The maximum atomic E-state index is 7.36. The zero-order chi connectivity index (χ0) is 39.2. The minimum atomic E-state index is -0.0117. The van der Waals surface area contributed by atoms with E-state index in [1.165, 1.54) is 110 Å². The Kier molecular flexibility index (Phi) is 6.29. The topological polar surface area (TPSA) is 22.5 Å². The van der Waals surface area contributed by atoms with Gasteiger partial charge in [-0.1, -0.05) is 101 Å². The molecule has 5 heterocycles. The van der Waals surface area contributed by atoms with Crippen LogP contribution in [0.3, 0.4) is 0 Å². The first-order chi connectivity index (χ1) is 26.3. The third-order valence-corrected chi connectivity index (χ3v) is 13.2.